The number of aryl methyl sites for hydroxylation is 2. The van der Waals surface area contributed by atoms with Crippen molar-refractivity contribution in [3.05, 3.63) is 81.8 Å². The molecule has 0 unspecified atom stereocenters. The molecule has 0 radical (unpaired) electrons. The number of benzene rings is 2. The Hall–Kier alpha value is -1.51. The van der Waals surface area contributed by atoms with Crippen molar-refractivity contribution in [3.8, 4) is 21.1 Å². The zero-order chi connectivity index (χ0) is 19.9. The fourth-order valence-electron chi connectivity index (χ4n) is 2.64. The van der Waals surface area contributed by atoms with Crippen LogP contribution in [0.5, 0.6) is 0 Å². The van der Waals surface area contributed by atoms with Crippen LogP contribution in [0.25, 0.3) is 21.1 Å². The maximum Gasteiger partial charge on any atom is 0.123 e. The average molecular weight is 518 g/mol. The van der Waals surface area contributed by atoms with Crippen molar-refractivity contribution in [2.24, 2.45) is 11.5 Å². The van der Waals surface area contributed by atoms with Crippen molar-refractivity contribution in [3.63, 3.8) is 0 Å². The first-order valence-corrected chi connectivity index (χ1v) is 10.8. The quantitative estimate of drug-likeness (QED) is 0.327. The van der Waals surface area contributed by atoms with Crippen LogP contribution in [0.4, 0.5) is 0 Å². The number of thiazole rings is 2. The van der Waals surface area contributed by atoms with Crippen LogP contribution in [-0.4, -0.2) is 9.97 Å². The highest BCUT2D eigenvalue weighted by Gasteiger charge is 2.03. The number of nitrogens with two attached hydrogens (primary N) is 2. The largest absolute Gasteiger partial charge is 0.326 e. The van der Waals surface area contributed by atoms with Crippen molar-refractivity contribution in [2.45, 2.75) is 26.9 Å². The summed E-state index contributed by atoms with van der Waals surface area (Å²) in [6.07, 6.45) is 0. The summed E-state index contributed by atoms with van der Waals surface area (Å²) in [5, 5.41) is 6.25. The second kappa shape index (κ2) is 14.5. The van der Waals surface area contributed by atoms with Crippen LogP contribution in [0.3, 0.4) is 0 Å². The molecule has 0 atom stereocenters. The predicted octanol–water partition coefficient (Wildman–Crippen LogP) is 6.42. The monoisotopic (exact) mass is 516 g/mol. The number of hydrogen-bond donors (Lipinski definition) is 2. The van der Waals surface area contributed by atoms with Gasteiger partial charge in [-0.1, -0.05) is 36.4 Å². The molecule has 31 heavy (non-hydrogen) atoms. The van der Waals surface area contributed by atoms with Gasteiger partial charge >= 0.3 is 0 Å². The van der Waals surface area contributed by atoms with E-state index in [9.17, 15) is 0 Å². The third-order valence-corrected chi connectivity index (χ3v) is 6.08. The normalized spacial score (nSPS) is 9.42. The fourth-order valence-corrected chi connectivity index (χ4v) is 4.23. The maximum absolute atomic E-state index is 5.58. The first-order chi connectivity index (χ1) is 13.6. The fraction of sp³-hybridized carbons (Fsp3) is 0.182. The number of rotatable bonds is 4. The summed E-state index contributed by atoms with van der Waals surface area (Å²) in [7, 11) is 0. The Kier molecular flexibility index (Phi) is 13.8. The molecular weight excluding hydrogens is 491 g/mol. The first-order valence-electron chi connectivity index (χ1n) is 9.02. The van der Waals surface area contributed by atoms with E-state index < -0.39 is 0 Å². The van der Waals surface area contributed by atoms with Gasteiger partial charge in [0.05, 0.1) is 0 Å². The molecule has 4 nitrogen and oxygen atoms in total. The molecule has 0 fully saturated rings. The van der Waals surface area contributed by atoms with E-state index in [4.69, 9.17) is 11.5 Å². The van der Waals surface area contributed by atoms with Gasteiger partial charge in [0.25, 0.3) is 0 Å². The molecule has 4 aromatic rings. The third kappa shape index (κ3) is 8.50. The summed E-state index contributed by atoms with van der Waals surface area (Å²) in [5.74, 6) is 0. The molecule has 0 saturated heterocycles. The van der Waals surface area contributed by atoms with Gasteiger partial charge in [0, 0.05) is 46.4 Å². The summed E-state index contributed by atoms with van der Waals surface area (Å²) in [6, 6.07) is 16.4. The molecule has 2 aromatic heterocycles. The van der Waals surface area contributed by atoms with Gasteiger partial charge in [-0.05, 0) is 37.1 Å². The van der Waals surface area contributed by atoms with E-state index in [0.717, 1.165) is 43.7 Å². The van der Waals surface area contributed by atoms with E-state index in [-0.39, 0.29) is 37.2 Å². The van der Waals surface area contributed by atoms with Gasteiger partial charge in [-0.3, -0.25) is 0 Å². The maximum atomic E-state index is 5.58. The molecule has 0 aliphatic carbocycles. The van der Waals surface area contributed by atoms with Crippen LogP contribution in [0.2, 0.25) is 0 Å². The Bertz CT molecular complexity index is 967. The Morgan fingerprint density at radius 3 is 1.35 bits per heavy atom. The molecule has 4 rings (SSSR count). The topological polar surface area (TPSA) is 77.8 Å². The lowest BCUT2D eigenvalue weighted by molar-refractivity contribution is 1.07. The minimum absolute atomic E-state index is 0. The van der Waals surface area contributed by atoms with E-state index in [1.54, 1.807) is 22.7 Å². The summed E-state index contributed by atoms with van der Waals surface area (Å²) in [6.45, 7) is 5.18. The standard InChI is InChI=1S/2C11H12N2S.3ClH/c2*1-8-7-14-11(13-8)10-4-2-3-9(5-10)6-12;;;/h2*2-5,7H,6,12H2,1H3;3*1H. The van der Waals surface area contributed by atoms with Crippen molar-refractivity contribution in [2.75, 3.05) is 0 Å². The van der Waals surface area contributed by atoms with Crippen molar-refractivity contribution in [1.29, 1.82) is 0 Å². The van der Waals surface area contributed by atoms with Gasteiger partial charge in [0.1, 0.15) is 10.0 Å². The van der Waals surface area contributed by atoms with E-state index in [0.29, 0.717) is 13.1 Å². The van der Waals surface area contributed by atoms with E-state index >= 15 is 0 Å². The van der Waals surface area contributed by atoms with Gasteiger partial charge < -0.3 is 11.5 Å². The van der Waals surface area contributed by atoms with Crippen molar-refractivity contribution in [1.82, 2.24) is 9.97 Å². The highest BCUT2D eigenvalue weighted by Crippen LogP contribution is 2.25. The predicted molar refractivity (Wildman–Crippen MR) is 142 cm³/mol. The highest BCUT2D eigenvalue weighted by molar-refractivity contribution is 7.13. The minimum atomic E-state index is 0. The van der Waals surface area contributed by atoms with Gasteiger partial charge in [-0.2, -0.15) is 0 Å². The summed E-state index contributed by atoms with van der Waals surface area (Å²) < 4.78 is 0. The molecule has 0 bridgehead atoms. The van der Waals surface area contributed by atoms with E-state index in [1.807, 2.05) is 38.1 Å². The molecule has 9 heteroatoms. The van der Waals surface area contributed by atoms with Crippen molar-refractivity contribution < 1.29 is 0 Å². The first kappa shape index (κ1) is 29.5. The molecule has 2 heterocycles. The zero-order valence-electron chi connectivity index (χ0n) is 17.3. The molecule has 0 aliphatic heterocycles. The molecule has 0 saturated carbocycles. The minimum Gasteiger partial charge on any atom is -0.326 e. The van der Waals surface area contributed by atoms with Gasteiger partial charge in [-0.15, -0.1) is 59.9 Å². The van der Waals surface area contributed by atoms with Crippen LogP contribution >= 0.6 is 59.9 Å². The van der Waals surface area contributed by atoms with Crippen LogP contribution in [-0.2, 0) is 13.1 Å². The average Bonchev–Trinajstić information content (AvgIpc) is 3.37. The Morgan fingerprint density at radius 2 is 1.06 bits per heavy atom. The Balaban J connectivity index is 0.000000529. The van der Waals surface area contributed by atoms with Crippen molar-refractivity contribution >= 4 is 59.9 Å². The second-order valence-corrected chi connectivity index (χ2v) is 8.11. The van der Waals surface area contributed by atoms with Crippen LogP contribution in [0.15, 0.2) is 59.3 Å². The third-order valence-electron chi connectivity index (χ3n) is 4.06. The number of hydrogen-bond acceptors (Lipinski definition) is 6. The molecule has 4 N–H and O–H groups in total. The van der Waals surface area contributed by atoms with E-state index in [2.05, 4.69) is 45.0 Å². The summed E-state index contributed by atoms with van der Waals surface area (Å²) in [4.78, 5) is 8.87. The molecule has 0 aliphatic rings. The molecule has 0 spiro atoms. The molecule has 0 amide bonds. The SMILES string of the molecule is Cc1csc(-c2cccc(CN)c2)n1.Cc1csc(-c2cccc(CN)c2)n1.Cl.Cl.Cl. The number of aromatic nitrogens is 2. The lowest BCUT2D eigenvalue weighted by Gasteiger charge is -1.99. The van der Waals surface area contributed by atoms with Crippen LogP contribution in [0, 0.1) is 13.8 Å². The molecular formula is C22H27Cl3N4S2. The van der Waals surface area contributed by atoms with Crippen LogP contribution < -0.4 is 11.5 Å². The number of halogens is 3. The van der Waals surface area contributed by atoms with Gasteiger partial charge in [0.15, 0.2) is 0 Å². The lowest BCUT2D eigenvalue weighted by Crippen LogP contribution is -1.95. The lowest BCUT2D eigenvalue weighted by atomic mass is 10.1. The zero-order valence-corrected chi connectivity index (χ0v) is 21.4. The summed E-state index contributed by atoms with van der Waals surface area (Å²) in [5.41, 5.74) is 17.9. The summed E-state index contributed by atoms with van der Waals surface area (Å²) >= 11 is 3.34. The van der Waals surface area contributed by atoms with E-state index in [1.165, 1.54) is 0 Å². The molecule has 168 valence electrons. The Morgan fingerprint density at radius 1 is 0.677 bits per heavy atom. The highest BCUT2D eigenvalue weighted by atomic mass is 35.5. The smallest absolute Gasteiger partial charge is 0.123 e. The van der Waals surface area contributed by atoms with Gasteiger partial charge in [-0.25, -0.2) is 9.97 Å². The number of nitrogens with zero attached hydrogens (tertiary/aromatic N) is 2. The van der Waals surface area contributed by atoms with Gasteiger partial charge in [0.2, 0.25) is 0 Å². The Labute approximate surface area is 210 Å². The van der Waals surface area contributed by atoms with Crippen LogP contribution in [0.1, 0.15) is 22.5 Å². The second-order valence-electron chi connectivity index (χ2n) is 6.40. The molecule has 2 aromatic carbocycles.